The zero-order valence-corrected chi connectivity index (χ0v) is 16.8. The molecule has 0 aliphatic carbocycles. The smallest absolute Gasteiger partial charge is 0.233 e. The lowest BCUT2D eigenvalue weighted by molar-refractivity contribution is -0.127. The minimum absolute atomic E-state index is 0.0552. The lowest BCUT2D eigenvalue weighted by atomic mass is 10.1. The highest BCUT2D eigenvalue weighted by molar-refractivity contribution is 7.99. The second kappa shape index (κ2) is 8.43. The van der Waals surface area contributed by atoms with Crippen molar-refractivity contribution in [1.82, 2.24) is 19.8 Å². The summed E-state index contributed by atoms with van der Waals surface area (Å²) in [6.45, 7) is 4.61. The summed E-state index contributed by atoms with van der Waals surface area (Å²) in [5.41, 5.74) is 3.72. The Bertz CT molecular complexity index is 1000. The van der Waals surface area contributed by atoms with Gasteiger partial charge in [-0.25, -0.2) is 9.07 Å². The van der Waals surface area contributed by atoms with E-state index in [2.05, 4.69) is 16.3 Å². The van der Waals surface area contributed by atoms with Gasteiger partial charge >= 0.3 is 0 Å². The number of hydrogen-bond acceptors (Lipinski definition) is 5. The fraction of sp³-hybridized carbons (Fsp3) is 0.250. The summed E-state index contributed by atoms with van der Waals surface area (Å²) in [7, 11) is 1.76. The maximum absolute atomic E-state index is 13.9. The van der Waals surface area contributed by atoms with Crippen LogP contribution < -0.4 is 5.84 Å². The number of nitrogens with zero attached hydrogens (tertiary/aromatic N) is 4. The number of carbonyl (C=O) groups excluding carboxylic acids is 1. The molecule has 146 valence electrons. The highest BCUT2D eigenvalue weighted by Crippen LogP contribution is 2.24. The summed E-state index contributed by atoms with van der Waals surface area (Å²) in [5.74, 6) is 5.90. The average Bonchev–Trinajstić information content (AvgIpc) is 3.02. The number of benzene rings is 2. The van der Waals surface area contributed by atoms with E-state index in [1.165, 1.54) is 28.1 Å². The van der Waals surface area contributed by atoms with E-state index in [4.69, 9.17) is 5.84 Å². The highest BCUT2D eigenvalue weighted by atomic mass is 32.2. The largest absolute Gasteiger partial charge is 0.341 e. The minimum atomic E-state index is -0.428. The molecule has 1 aromatic heterocycles. The molecule has 1 heterocycles. The lowest BCUT2D eigenvalue weighted by Gasteiger charge is -2.18. The van der Waals surface area contributed by atoms with Crippen LogP contribution in [-0.2, 0) is 11.3 Å². The molecule has 0 saturated heterocycles. The molecular formula is C20H22FN5OS. The molecule has 0 spiro atoms. The first-order chi connectivity index (χ1) is 13.4. The van der Waals surface area contributed by atoms with Crippen LogP contribution in [0.2, 0.25) is 0 Å². The maximum Gasteiger partial charge on any atom is 0.233 e. The van der Waals surface area contributed by atoms with Gasteiger partial charge in [0.25, 0.3) is 0 Å². The zero-order chi connectivity index (χ0) is 20.3. The summed E-state index contributed by atoms with van der Waals surface area (Å²) in [6.07, 6.45) is 0. The third-order valence-corrected chi connectivity index (χ3v) is 5.36. The van der Waals surface area contributed by atoms with E-state index in [0.717, 1.165) is 11.1 Å². The van der Waals surface area contributed by atoms with Crippen molar-refractivity contribution in [3.05, 3.63) is 65.0 Å². The summed E-state index contributed by atoms with van der Waals surface area (Å²) in [5, 5.41) is 8.30. The van der Waals surface area contributed by atoms with Crippen LogP contribution in [0.3, 0.4) is 0 Å². The van der Waals surface area contributed by atoms with Crippen molar-refractivity contribution in [2.45, 2.75) is 25.5 Å². The van der Waals surface area contributed by atoms with Crippen molar-refractivity contribution < 1.29 is 9.18 Å². The molecule has 0 saturated carbocycles. The molecule has 0 bridgehead atoms. The van der Waals surface area contributed by atoms with Gasteiger partial charge in [0.15, 0.2) is 5.82 Å². The first-order valence-corrected chi connectivity index (χ1v) is 9.73. The van der Waals surface area contributed by atoms with Crippen LogP contribution >= 0.6 is 11.8 Å². The van der Waals surface area contributed by atoms with Gasteiger partial charge in [-0.3, -0.25) is 4.79 Å². The van der Waals surface area contributed by atoms with E-state index in [0.29, 0.717) is 11.7 Å². The minimum Gasteiger partial charge on any atom is -0.341 e. The molecule has 0 radical (unpaired) electrons. The fourth-order valence-electron chi connectivity index (χ4n) is 2.81. The molecule has 0 fully saturated rings. The summed E-state index contributed by atoms with van der Waals surface area (Å²) in [4.78, 5) is 14.2. The Morgan fingerprint density at radius 1 is 1.21 bits per heavy atom. The van der Waals surface area contributed by atoms with Gasteiger partial charge in [-0.15, -0.1) is 10.2 Å². The molecule has 6 nitrogen and oxygen atoms in total. The lowest BCUT2D eigenvalue weighted by Crippen LogP contribution is -2.28. The Kier molecular flexibility index (Phi) is 5.99. The molecule has 0 aliphatic rings. The third kappa shape index (κ3) is 4.33. The highest BCUT2D eigenvalue weighted by Gasteiger charge is 2.17. The second-order valence-corrected chi connectivity index (χ2v) is 7.57. The number of thioether (sulfide) groups is 1. The van der Waals surface area contributed by atoms with E-state index in [1.54, 1.807) is 30.1 Å². The van der Waals surface area contributed by atoms with Crippen LogP contribution in [0.25, 0.3) is 11.4 Å². The number of nitrogen functional groups attached to an aromatic ring is 1. The molecule has 8 heteroatoms. The molecule has 0 aliphatic heterocycles. The summed E-state index contributed by atoms with van der Waals surface area (Å²) in [6, 6.07) is 12.4. The Morgan fingerprint density at radius 2 is 1.96 bits per heavy atom. The van der Waals surface area contributed by atoms with Gasteiger partial charge in [-0.05, 0) is 37.1 Å². The number of amides is 1. The molecule has 28 heavy (non-hydrogen) atoms. The molecule has 0 unspecified atom stereocenters. The first-order valence-electron chi connectivity index (χ1n) is 8.75. The van der Waals surface area contributed by atoms with Crippen molar-refractivity contribution in [1.29, 1.82) is 0 Å². The second-order valence-electron chi connectivity index (χ2n) is 6.62. The van der Waals surface area contributed by atoms with E-state index >= 15 is 0 Å². The fourth-order valence-corrected chi connectivity index (χ4v) is 3.60. The number of nitrogens with two attached hydrogens (primary N) is 1. The van der Waals surface area contributed by atoms with E-state index < -0.39 is 5.82 Å². The molecule has 3 rings (SSSR count). The van der Waals surface area contributed by atoms with Crippen molar-refractivity contribution in [3.63, 3.8) is 0 Å². The van der Waals surface area contributed by atoms with Gasteiger partial charge < -0.3 is 10.7 Å². The van der Waals surface area contributed by atoms with Crippen molar-refractivity contribution >= 4 is 17.7 Å². The van der Waals surface area contributed by atoms with Crippen LogP contribution in [0.15, 0.2) is 47.6 Å². The SMILES string of the molecule is Cc1ccc(CN(C)C(=O)CSc2nnc(-c3ccccc3F)n2N)c(C)c1. The predicted molar refractivity (Wildman–Crippen MR) is 109 cm³/mol. The molecule has 0 atom stereocenters. The number of hydrogen-bond donors (Lipinski definition) is 1. The Morgan fingerprint density at radius 3 is 2.68 bits per heavy atom. The van der Waals surface area contributed by atoms with E-state index in [-0.39, 0.29) is 23.0 Å². The molecule has 3 aromatic rings. The quantitative estimate of drug-likeness (QED) is 0.509. The summed E-state index contributed by atoms with van der Waals surface area (Å²) >= 11 is 1.17. The average molecular weight is 399 g/mol. The monoisotopic (exact) mass is 399 g/mol. The predicted octanol–water partition coefficient (Wildman–Crippen LogP) is 3.17. The van der Waals surface area contributed by atoms with Gasteiger partial charge in [-0.2, -0.15) is 0 Å². The molecule has 2 N–H and O–H groups in total. The van der Waals surface area contributed by atoms with Crippen LogP contribution in [-0.4, -0.2) is 38.5 Å². The standard InChI is InChI=1S/C20H22FN5OS/c1-13-8-9-15(14(2)10-13)11-25(3)18(27)12-28-20-24-23-19(26(20)22)16-6-4-5-7-17(16)21/h4-10H,11-12,22H2,1-3H3. The molecular weight excluding hydrogens is 377 g/mol. The van der Waals surface area contributed by atoms with Gasteiger partial charge in [0.05, 0.1) is 11.3 Å². The van der Waals surface area contributed by atoms with Gasteiger partial charge in [-0.1, -0.05) is 47.7 Å². The zero-order valence-electron chi connectivity index (χ0n) is 16.0. The normalized spacial score (nSPS) is 10.9. The van der Waals surface area contributed by atoms with E-state index in [1.807, 2.05) is 26.0 Å². The van der Waals surface area contributed by atoms with Crippen LogP contribution in [0.5, 0.6) is 0 Å². The maximum atomic E-state index is 13.9. The first kappa shape index (κ1) is 19.9. The summed E-state index contributed by atoms with van der Waals surface area (Å²) < 4.78 is 15.2. The van der Waals surface area contributed by atoms with Crippen LogP contribution in [0.1, 0.15) is 16.7 Å². The van der Waals surface area contributed by atoms with Crippen molar-refractivity contribution in [2.75, 3.05) is 18.6 Å². The molecule has 2 aromatic carbocycles. The van der Waals surface area contributed by atoms with Gasteiger partial charge in [0, 0.05) is 13.6 Å². The van der Waals surface area contributed by atoms with E-state index in [9.17, 15) is 9.18 Å². The number of halogens is 1. The van der Waals surface area contributed by atoms with Crippen molar-refractivity contribution in [2.24, 2.45) is 0 Å². The number of carbonyl (C=O) groups is 1. The van der Waals surface area contributed by atoms with Gasteiger partial charge in [0.1, 0.15) is 5.82 Å². The number of rotatable bonds is 6. The number of aromatic nitrogens is 3. The van der Waals surface area contributed by atoms with Crippen LogP contribution in [0, 0.1) is 19.7 Å². The number of aryl methyl sites for hydroxylation is 2. The van der Waals surface area contributed by atoms with Crippen LogP contribution in [0.4, 0.5) is 4.39 Å². The van der Waals surface area contributed by atoms with Gasteiger partial charge in [0.2, 0.25) is 11.1 Å². The molecule has 1 amide bonds. The topological polar surface area (TPSA) is 77.0 Å². The third-order valence-electron chi connectivity index (χ3n) is 4.44. The Hall–Kier alpha value is -2.87. The Labute approximate surface area is 167 Å². The van der Waals surface area contributed by atoms with Crippen molar-refractivity contribution in [3.8, 4) is 11.4 Å². The Balaban J connectivity index is 1.64.